The van der Waals surface area contributed by atoms with E-state index in [0.717, 1.165) is 43.4 Å². The summed E-state index contributed by atoms with van der Waals surface area (Å²) in [5.41, 5.74) is 13.4. The van der Waals surface area contributed by atoms with Gasteiger partial charge in [-0.25, -0.2) is 44.9 Å². The van der Waals surface area contributed by atoms with Crippen LogP contribution in [0, 0.1) is 20.8 Å². The van der Waals surface area contributed by atoms with E-state index in [4.69, 9.17) is 60.4 Å². The number of anilines is 3. The molecule has 0 aromatic carbocycles. The molecule has 0 bridgehead atoms. The first-order valence-corrected chi connectivity index (χ1v) is 33.6. The molecule has 0 spiro atoms. The predicted molar refractivity (Wildman–Crippen MR) is 405 cm³/mol. The first-order chi connectivity index (χ1) is 48.2. The first kappa shape index (κ1) is 90.0. The normalized spacial score (nSPS) is 9.49. The number of hydrogen-bond acceptors (Lipinski definition) is 25. The number of carbonyl (C=O) groups is 6. The summed E-state index contributed by atoms with van der Waals surface area (Å²) in [6, 6.07) is 21.3. The third kappa shape index (κ3) is 32.9. The molecular formula is C63H72BBr5ClN16O14S. The number of aryl methyl sites for hydroxylation is 3. The van der Waals surface area contributed by atoms with E-state index in [0.29, 0.717) is 98.1 Å². The number of ether oxygens (including phenoxy) is 7. The number of methoxy groups -OCH3 is 6. The van der Waals surface area contributed by atoms with Gasteiger partial charge in [-0.3, -0.25) is 28.8 Å². The van der Waals surface area contributed by atoms with E-state index < -0.39 is 0 Å². The van der Waals surface area contributed by atoms with E-state index in [1.165, 1.54) is 47.2 Å². The van der Waals surface area contributed by atoms with Gasteiger partial charge in [-0.2, -0.15) is 0 Å². The average Bonchev–Trinajstić information content (AvgIpc) is 1.05. The van der Waals surface area contributed by atoms with Crippen LogP contribution in [0.4, 0.5) is 17.1 Å². The standard InChI is InChI=1S/C14H17N3O2.C12H12BrN3O2.C10H10BrN3O.C10H11BrN2O3.C7H7BrN2O2.C6H7BrN2O.C3H5ClO.CH2O2.BHNS/c1-5-19-11(3)12-6-7-13(14(16-12)18-4)17-8-10(2)15-9-17;1-8-6-16(7-14-8)10-4-3-9(11(17)5-13)15-12(10)18-2;1-7-5-14(6-12-7)8-3-4-9(11)13-10(8)15-2;1-7(15)5-13(6-14)8-3-4-9(11)12-10(8)16-2;1-12-7-5(9-4-11)2-3-6(8)10-7;1-10-6-4(8)2-3-5(7)9-6;1-3(5)2-4;2-1-3;1-2-3/h6-9H,3,5H2,1-2,4H3;3-4,6-7H,5H2,1-2H3;3-6H,1-2H3;3-4,6H,5H2,1-2H3;2-4H,1H3,(H,9,11);2-3H,8H2,1H3;2H2,1H3;1H,(H,2,3);3H. The van der Waals surface area contributed by atoms with E-state index in [9.17, 15) is 24.0 Å². The van der Waals surface area contributed by atoms with Crippen LogP contribution < -0.4 is 44.4 Å². The molecule has 0 saturated heterocycles. The summed E-state index contributed by atoms with van der Waals surface area (Å²) in [4.78, 5) is 100. The van der Waals surface area contributed by atoms with Gasteiger partial charge in [0, 0.05) is 18.6 Å². The van der Waals surface area contributed by atoms with Gasteiger partial charge in [-0.1, -0.05) is 22.5 Å². The van der Waals surface area contributed by atoms with Crippen LogP contribution in [0.5, 0.6) is 35.3 Å². The van der Waals surface area contributed by atoms with Gasteiger partial charge in [0.25, 0.3) is 6.47 Å². The Morgan fingerprint density at radius 2 is 0.990 bits per heavy atom. The Morgan fingerprint density at radius 1 is 0.624 bits per heavy atom. The maximum absolute atomic E-state index is 11.5. The van der Waals surface area contributed by atoms with Crippen LogP contribution in [0.25, 0.3) is 22.8 Å². The Hall–Kier alpha value is -9.01. The number of alkyl halides is 2. The molecule has 9 rings (SSSR count). The van der Waals surface area contributed by atoms with Gasteiger partial charge in [-0.15, -0.1) is 11.6 Å². The van der Waals surface area contributed by atoms with Crippen molar-refractivity contribution in [3.8, 4) is 52.3 Å². The third-order valence-electron chi connectivity index (χ3n) is 11.3. The van der Waals surface area contributed by atoms with Crippen molar-refractivity contribution in [3.63, 3.8) is 0 Å². The molecule has 38 heteroatoms. The second-order valence-electron chi connectivity index (χ2n) is 18.6. The number of hydrogen-bond donors (Lipinski definition) is 4. The SMILES string of the molecule is C=C(OCC)c1ccc(-n2cnc(C)c2)c(OC)n1.CC(=O)CCl.COc1nc(Br)ccc1-n1cnc(C)c1.COc1nc(Br)ccc1N.COc1nc(Br)ccc1N(C=O)CC(C)=O.COc1nc(Br)ccc1NC=O.COc1nc(C(=O)CBr)ccc1-n1cnc(C)c1.O=CO.[B]=NS. The van der Waals surface area contributed by atoms with E-state index in [1.54, 1.807) is 81.7 Å². The summed E-state index contributed by atoms with van der Waals surface area (Å²) >= 11 is 24.2. The second-order valence-corrected chi connectivity index (χ2v) is 22.9. The maximum atomic E-state index is 11.5. The quantitative estimate of drug-likeness (QED) is 0.00987. The van der Waals surface area contributed by atoms with Crippen molar-refractivity contribution in [2.24, 2.45) is 4.30 Å². The minimum atomic E-state index is -0.250. The molecule has 0 aliphatic heterocycles. The fourth-order valence-electron chi connectivity index (χ4n) is 7.14. The predicted octanol–water partition coefficient (Wildman–Crippen LogP) is 12.1. The van der Waals surface area contributed by atoms with Gasteiger partial charge in [0.05, 0.1) is 109 Å². The molecule has 0 atom stereocenters. The molecule has 30 nitrogen and oxygen atoms in total. The van der Waals surface area contributed by atoms with E-state index in [1.807, 2.05) is 84.3 Å². The Bertz CT molecular complexity index is 4100. The monoisotopic (exact) mass is 1750 g/mol. The Kier molecular flexibility index (Phi) is 44.9. The Labute approximate surface area is 636 Å². The number of ketones is 3. The minimum absolute atomic E-state index is 0.00315. The molecule has 539 valence electrons. The number of nitrogens with one attached hydrogen (secondary N) is 1. The van der Waals surface area contributed by atoms with E-state index in [2.05, 4.69) is 161 Å². The zero-order chi connectivity index (χ0) is 76.1. The summed E-state index contributed by atoms with van der Waals surface area (Å²) in [7, 11) is 13.5. The number of aromatic nitrogens is 12. The number of nitrogens with two attached hydrogens (primary N) is 1. The van der Waals surface area contributed by atoms with E-state index >= 15 is 0 Å². The molecule has 0 aliphatic rings. The molecule has 0 unspecified atom stereocenters. The van der Waals surface area contributed by atoms with Crippen molar-refractivity contribution in [1.29, 1.82) is 0 Å². The number of carboxylic acid groups (broad SMARTS) is 1. The fourth-order valence-corrected chi connectivity index (χ4v) is 8.60. The van der Waals surface area contributed by atoms with Gasteiger partial charge in [0.2, 0.25) is 48.1 Å². The number of Topliss-reactive ketones (excluding diaryl/α,β-unsaturated/α-hetero) is 3. The van der Waals surface area contributed by atoms with Crippen molar-refractivity contribution in [2.75, 3.05) is 83.0 Å². The first-order valence-electron chi connectivity index (χ1n) is 28.4. The van der Waals surface area contributed by atoms with Crippen LogP contribution in [0.15, 0.2) is 140 Å². The van der Waals surface area contributed by atoms with Crippen LogP contribution in [0.2, 0.25) is 0 Å². The number of nitrogens with zero attached hydrogens (tertiary/aromatic N) is 14. The van der Waals surface area contributed by atoms with Gasteiger partial charge in [0.1, 0.15) is 75.6 Å². The zero-order valence-corrected chi connectivity index (χ0v) is 66.1. The number of nitrogen functional groups attached to an aromatic ring is 1. The Balaban J connectivity index is 0.000000593. The van der Waals surface area contributed by atoms with Crippen LogP contribution in [0.3, 0.4) is 0 Å². The number of imidazole rings is 3. The van der Waals surface area contributed by atoms with Crippen molar-refractivity contribution in [3.05, 3.63) is 164 Å². The van der Waals surface area contributed by atoms with Gasteiger partial charge in [-0.05, 0) is 178 Å². The zero-order valence-electron chi connectivity index (χ0n) is 56.5. The summed E-state index contributed by atoms with van der Waals surface area (Å²) in [5, 5.41) is 9.60. The molecule has 4 N–H and O–H groups in total. The van der Waals surface area contributed by atoms with Crippen LogP contribution in [-0.4, -0.2) is 175 Å². The number of pyridine rings is 6. The number of rotatable bonds is 21. The molecule has 1 radical (unpaired) electrons. The van der Waals surface area contributed by atoms with Gasteiger partial charge < -0.3 is 67.9 Å². The molecule has 9 heterocycles. The average molecular weight is 1760 g/mol. The number of halogens is 6. The molecular weight excluding hydrogens is 1680 g/mol. The van der Waals surface area contributed by atoms with Crippen molar-refractivity contribution < 1.29 is 67.0 Å². The summed E-state index contributed by atoms with van der Waals surface area (Å²) < 4.78 is 46.9. The van der Waals surface area contributed by atoms with Crippen molar-refractivity contribution in [1.82, 2.24) is 58.6 Å². The van der Waals surface area contributed by atoms with Crippen LogP contribution in [-0.2, 0) is 28.7 Å². The molecule has 0 aliphatic carbocycles. The second kappa shape index (κ2) is 50.3. The van der Waals surface area contributed by atoms with Crippen LogP contribution >= 0.6 is 104 Å². The summed E-state index contributed by atoms with van der Waals surface area (Å²) in [5.74, 6) is 3.12. The third-order valence-corrected chi connectivity index (χ3v) is 14.0. The molecule has 0 fully saturated rings. The molecule has 9 aromatic heterocycles. The van der Waals surface area contributed by atoms with E-state index in [-0.39, 0.29) is 41.6 Å². The molecule has 2 amide bonds. The molecule has 101 heavy (non-hydrogen) atoms. The topological polar surface area (TPSA) is 372 Å². The van der Waals surface area contributed by atoms with Crippen LogP contribution in [0.1, 0.15) is 54.0 Å². The van der Waals surface area contributed by atoms with Crippen molar-refractivity contribution in [2.45, 2.75) is 41.5 Å². The number of thiol groups is 1. The number of carbonyl (C=O) groups excluding carboxylic acids is 5. The van der Waals surface area contributed by atoms with Gasteiger partial charge >= 0.3 is 24.8 Å². The van der Waals surface area contributed by atoms with Crippen molar-refractivity contribution >= 4 is 171 Å². The summed E-state index contributed by atoms with van der Waals surface area (Å²) in [6.45, 7) is 14.7. The fraction of sp³-hybridized carbons (Fsp3) is 0.254. The summed E-state index contributed by atoms with van der Waals surface area (Å²) in [6.07, 6.45) is 12.0. The molecule has 0 saturated carbocycles. The van der Waals surface area contributed by atoms with Gasteiger partial charge in [0.15, 0.2) is 5.78 Å². The Morgan fingerprint density at radius 3 is 1.36 bits per heavy atom. The molecule has 9 aromatic rings. The number of amides is 2.